The minimum absolute atomic E-state index is 0.0784. The fourth-order valence-electron chi connectivity index (χ4n) is 2.65. The topological polar surface area (TPSA) is 63.2 Å². The van der Waals surface area contributed by atoms with Crippen molar-refractivity contribution in [1.82, 2.24) is 10.3 Å². The number of nitrogens with zero attached hydrogens (tertiary/aromatic N) is 1. The molecule has 0 spiro atoms. The van der Waals surface area contributed by atoms with E-state index in [-0.39, 0.29) is 24.4 Å². The van der Waals surface area contributed by atoms with Gasteiger partial charge in [0.1, 0.15) is 24.0 Å². The van der Waals surface area contributed by atoms with Gasteiger partial charge < -0.3 is 15.4 Å². The first-order valence-electron chi connectivity index (χ1n) is 8.54. The highest BCUT2D eigenvalue weighted by molar-refractivity contribution is 6.01. The number of aromatic nitrogens is 1. The van der Waals surface area contributed by atoms with Gasteiger partial charge in [0.25, 0.3) is 0 Å². The molecule has 0 saturated carbocycles. The maximum Gasteiger partial charge on any atom is 0.319 e. The summed E-state index contributed by atoms with van der Waals surface area (Å²) in [4.78, 5) is 16.4. The minimum atomic E-state index is -0.714. The summed E-state index contributed by atoms with van der Waals surface area (Å²) in [5.74, 6) is -1.35. The molecule has 0 aliphatic rings. The van der Waals surface area contributed by atoms with Gasteiger partial charge in [-0.1, -0.05) is 19.1 Å². The van der Waals surface area contributed by atoms with Gasteiger partial charge in [0.05, 0.1) is 11.7 Å². The van der Waals surface area contributed by atoms with Crippen LogP contribution in [0.25, 0.3) is 10.8 Å². The summed E-state index contributed by atoms with van der Waals surface area (Å²) in [6.07, 6.45) is 3.97. The lowest BCUT2D eigenvalue weighted by Crippen LogP contribution is -2.41. The van der Waals surface area contributed by atoms with E-state index in [1.54, 1.807) is 18.5 Å². The molecule has 7 heteroatoms. The Kier molecular flexibility index (Phi) is 5.80. The third-order valence-corrected chi connectivity index (χ3v) is 4.04. The van der Waals surface area contributed by atoms with E-state index in [1.165, 1.54) is 0 Å². The number of hydrogen-bond acceptors (Lipinski definition) is 3. The molecule has 3 aromatic rings. The number of benzene rings is 2. The zero-order valence-electron chi connectivity index (χ0n) is 14.7. The van der Waals surface area contributed by atoms with Crippen LogP contribution < -0.4 is 15.4 Å². The van der Waals surface area contributed by atoms with Crippen LogP contribution in [0.5, 0.6) is 5.75 Å². The van der Waals surface area contributed by atoms with Gasteiger partial charge in [-0.25, -0.2) is 13.6 Å². The number of hydrogen-bond donors (Lipinski definition) is 2. The van der Waals surface area contributed by atoms with Gasteiger partial charge in [-0.15, -0.1) is 0 Å². The lowest BCUT2D eigenvalue weighted by atomic mass is 10.1. The number of nitrogens with one attached hydrogen (secondary N) is 2. The van der Waals surface area contributed by atoms with Crippen molar-refractivity contribution in [3.05, 3.63) is 66.5 Å². The Balaban J connectivity index is 1.61. The first-order valence-corrected chi connectivity index (χ1v) is 8.54. The third-order valence-electron chi connectivity index (χ3n) is 4.04. The van der Waals surface area contributed by atoms with Gasteiger partial charge in [-0.05, 0) is 18.6 Å². The maximum atomic E-state index is 13.2. The molecule has 0 saturated heterocycles. The Labute approximate surface area is 155 Å². The summed E-state index contributed by atoms with van der Waals surface area (Å²) in [5.41, 5.74) is 0.662. The highest BCUT2D eigenvalue weighted by Crippen LogP contribution is 2.22. The minimum Gasteiger partial charge on any atom is -0.491 e. The second kappa shape index (κ2) is 8.44. The van der Waals surface area contributed by atoms with E-state index in [2.05, 4.69) is 15.6 Å². The van der Waals surface area contributed by atoms with Gasteiger partial charge in [-0.2, -0.15) is 0 Å². The van der Waals surface area contributed by atoms with Crippen LogP contribution in [0.1, 0.15) is 13.3 Å². The number of amides is 2. The Morgan fingerprint density at radius 3 is 2.70 bits per heavy atom. The van der Waals surface area contributed by atoms with Gasteiger partial charge >= 0.3 is 6.03 Å². The molecule has 1 atom stereocenters. The Hall–Kier alpha value is -3.22. The SMILES string of the molecule is CC[C@@H](COc1cc(F)cc(F)c1)NC(=O)Nc1cccc2cnccc12. The third kappa shape index (κ3) is 4.91. The van der Waals surface area contributed by atoms with Crippen molar-refractivity contribution in [2.45, 2.75) is 19.4 Å². The summed E-state index contributed by atoms with van der Waals surface area (Å²) in [6.45, 7) is 1.97. The average molecular weight is 371 g/mol. The Morgan fingerprint density at radius 1 is 1.19 bits per heavy atom. The smallest absolute Gasteiger partial charge is 0.319 e. The van der Waals surface area contributed by atoms with Gasteiger partial charge in [0.2, 0.25) is 0 Å². The Bertz CT molecular complexity index is 924. The number of urea groups is 1. The molecule has 0 bridgehead atoms. The number of anilines is 1. The predicted molar refractivity (Wildman–Crippen MR) is 99.8 cm³/mol. The molecule has 3 rings (SSSR count). The van der Waals surface area contributed by atoms with Crippen molar-refractivity contribution < 1.29 is 18.3 Å². The van der Waals surface area contributed by atoms with Crippen molar-refractivity contribution in [3.8, 4) is 5.75 Å². The average Bonchev–Trinajstić information content (AvgIpc) is 2.64. The van der Waals surface area contributed by atoms with Gasteiger partial charge in [-0.3, -0.25) is 4.98 Å². The van der Waals surface area contributed by atoms with E-state index < -0.39 is 11.6 Å². The zero-order valence-corrected chi connectivity index (χ0v) is 14.7. The molecular weight excluding hydrogens is 352 g/mol. The van der Waals surface area contributed by atoms with Crippen LogP contribution in [-0.4, -0.2) is 23.7 Å². The molecule has 0 fully saturated rings. The molecule has 0 aliphatic heterocycles. The zero-order chi connectivity index (χ0) is 19.2. The van der Waals surface area contributed by atoms with E-state index in [0.717, 1.165) is 29.0 Å². The van der Waals surface area contributed by atoms with E-state index in [9.17, 15) is 13.6 Å². The second-order valence-corrected chi connectivity index (χ2v) is 6.02. The first-order chi connectivity index (χ1) is 13.0. The number of fused-ring (bicyclic) bond motifs is 1. The lowest BCUT2D eigenvalue weighted by Gasteiger charge is -2.18. The molecule has 2 N–H and O–H groups in total. The molecule has 0 aliphatic carbocycles. The first kappa shape index (κ1) is 18.6. The van der Waals surface area contributed by atoms with Crippen molar-refractivity contribution in [2.75, 3.05) is 11.9 Å². The van der Waals surface area contributed by atoms with Gasteiger partial charge in [0, 0.05) is 41.4 Å². The number of carbonyl (C=O) groups excluding carboxylic acids is 1. The lowest BCUT2D eigenvalue weighted by molar-refractivity contribution is 0.231. The monoisotopic (exact) mass is 371 g/mol. The molecule has 2 amide bonds. The normalized spacial score (nSPS) is 11.8. The van der Waals surface area contributed by atoms with Crippen LogP contribution in [0.2, 0.25) is 0 Å². The number of carbonyl (C=O) groups is 1. The molecule has 5 nitrogen and oxygen atoms in total. The summed E-state index contributed by atoms with van der Waals surface area (Å²) in [5, 5.41) is 7.41. The molecule has 1 heterocycles. The maximum absolute atomic E-state index is 13.2. The van der Waals surface area contributed by atoms with E-state index in [0.29, 0.717) is 12.1 Å². The molecule has 1 aromatic heterocycles. The van der Waals surface area contributed by atoms with Crippen LogP contribution >= 0.6 is 0 Å². The number of pyridine rings is 1. The van der Waals surface area contributed by atoms with Gasteiger partial charge in [0.15, 0.2) is 0 Å². The molecule has 0 unspecified atom stereocenters. The van der Waals surface area contributed by atoms with Crippen molar-refractivity contribution >= 4 is 22.5 Å². The highest BCUT2D eigenvalue weighted by atomic mass is 19.1. The summed E-state index contributed by atoms with van der Waals surface area (Å²) in [6, 6.07) is 9.62. The van der Waals surface area contributed by atoms with E-state index in [1.807, 2.05) is 25.1 Å². The fourth-order valence-corrected chi connectivity index (χ4v) is 2.65. The van der Waals surface area contributed by atoms with Crippen LogP contribution in [0.3, 0.4) is 0 Å². The molecule has 140 valence electrons. The molecule has 27 heavy (non-hydrogen) atoms. The molecular formula is C20H19F2N3O2. The Morgan fingerprint density at radius 2 is 1.96 bits per heavy atom. The van der Waals surface area contributed by atoms with Crippen molar-refractivity contribution in [3.63, 3.8) is 0 Å². The number of halogens is 2. The van der Waals surface area contributed by atoms with Crippen LogP contribution in [0, 0.1) is 11.6 Å². The van der Waals surface area contributed by atoms with E-state index in [4.69, 9.17) is 4.74 Å². The van der Waals surface area contributed by atoms with E-state index >= 15 is 0 Å². The highest BCUT2D eigenvalue weighted by Gasteiger charge is 2.13. The molecule has 2 aromatic carbocycles. The summed E-state index contributed by atoms with van der Waals surface area (Å²) >= 11 is 0. The summed E-state index contributed by atoms with van der Waals surface area (Å²) < 4.78 is 31.8. The largest absolute Gasteiger partial charge is 0.491 e. The molecule has 0 radical (unpaired) electrons. The fraction of sp³-hybridized carbons (Fsp3) is 0.200. The van der Waals surface area contributed by atoms with Crippen molar-refractivity contribution in [1.29, 1.82) is 0 Å². The number of rotatable bonds is 6. The quantitative estimate of drug-likeness (QED) is 0.671. The second-order valence-electron chi connectivity index (χ2n) is 6.02. The van der Waals surface area contributed by atoms with Crippen molar-refractivity contribution in [2.24, 2.45) is 0 Å². The number of ether oxygens (including phenoxy) is 1. The van der Waals surface area contributed by atoms with Crippen LogP contribution in [-0.2, 0) is 0 Å². The standard InChI is InChI=1S/C20H19F2N3O2/c1-2-16(12-27-17-9-14(21)8-15(22)10-17)24-20(26)25-19-5-3-4-13-11-23-7-6-18(13)19/h3-11,16H,2,12H2,1H3,(H2,24,25,26)/t16-/m0/s1. The van der Waals surface area contributed by atoms with Crippen LogP contribution in [0.15, 0.2) is 54.9 Å². The summed E-state index contributed by atoms with van der Waals surface area (Å²) in [7, 11) is 0. The van der Waals surface area contributed by atoms with Crippen LogP contribution in [0.4, 0.5) is 19.3 Å². The predicted octanol–water partition coefficient (Wildman–Crippen LogP) is 4.49.